The number of rotatable bonds is 3. The fourth-order valence-corrected chi connectivity index (χ4v) is 2.06. The third kappa shape index (κ3) is 3.12. The first-order valence-corrected chi connectivity index (χ1v) is 4.89. The molecule has 0 atom stereocenters. The van der Waals surface area contributed by atoms with Crippen molar-refractivity contribution < 1.29 is 4.79 Å². The monoisotopic (exact) mass is 233 g/mol. The summed E-state index contributed by atoms with van der Waals surface area (Å²) in [6.07, 6.45) is 3.24. The molecule has 0 unspecified atom stereocenters. The molecule has 0 aliphatic rings. The number of hydrogen-bond acceptors (Lipinski definition) is 3. The highest BCUT2D eigenvalue weighted by atomic mass is 79.9. The molecule has 0 saturated carbocycles. The lowest BCUT2D eigenvalue weighted by atomic mass is 10.2. The Hall–Kier alpha value is -0.220. The predicted molar refractivity (Wildman–Crippen MR) is 48.8 cm³/mol. The predicted octanol–water partition coefficient (Wildman–Crippen LogP) is 2.43. The Bertz CT molecular complexity index is 259. The van der Waals surface area contributed by atoms with Crippen LogP contribution >= 0.6 is 27.3 Å². The van der Waals surface area contributed by atoms with Gasteiger partial charge in [-0.05, 0) is 29.3 Å². The van der Waals surface area contributed by atoms with Gasteiger partial charge in [0.1, 0.15) is 5.78 Å². The summed E-state index contributed by atoms with van der Waals surface area (Å²) in [7, 11) is 0. The highest BCUT2D eigenvalue weighted by Gasteiger charge is 2.00. The van der Waals surface area contributed by atoms with E-state index in [9.17, 15) is 4.79 Å². The van der Waals surface area contributed by atoms with Gasteiger partial charge in [0, 0.05) is 17.5 Å². The molecule has 1 aromatic heterocycles. The van der Waals surface area contributed by atoms with Crippen LogP contribution in [0.2, 0.25) is 0 Å². The number of Topliss-reactive ketones (excluding diaryl/α,β-unsaturated/α-hetero) is 1. The van der Waals surface area contributed by atoms with Crippen LogP contribution in [-0.2, 0) is 11.2 Å². The fraction of sp³-hybridized carbons (Fsp3) is 0.429. The van der Waals surface area contributed by atoms with Crippen molar-refractivity contribution in [1.82, 2.24) is 4.98 Å². The molecule has 2 nitrogen and oxygen atoms in total. The molecular weight excluding hydrogens is 226 g/mol. The minimum absolute atomic E-state index is 0.231. The third-order valence-corrected chi connectivity index (χ3v) is 2.78. The molecule has 0 amide bonds. The van der Waals surface area contributed by atoms with Crippen molar-refractivity contribution in [3.63, 3.8) is 0 Å². The molecule has 0 radical (unpaired) electrons. The average Bonchev–Trinajstić information content (AvgIpc) is 2.31. The fourth-order valence-electron chi connectivity index (χ4n) is 0.698. The number of nitrogens with zero attached hydrogens (tertiary/aromatic N) is 1. The van der Waals surface area contributed by atoms with Crippen LogP contribution < -0.4 is 0 Å². The van der Waals surface area contributed by atoms with Crippen LogP contribution in [0.3, 0.4) is 0 Å². The molecule has 4 heteroatoms. The highest BCUT2D eigenvalue weighted by Crippen LogP contribution is 2.19. The lowest BCUT2D eigenvalue weighted by Crippen LogP contribution is -1.91. The Labute approximate surface area is 77.8 Å². The van der Waals surface area contributed by atoms with Crippen LogP contribution in [0.5, 0.6) is 0 Å². The van der Waals surface area contributed by atoms with Crippen LogP contribution in [0, 0.1) is 0 Å². The maximum Gasteiger partial charge on any atom is 0.159 e. The molecule has 0 aliphatic carbocycles. The number of ketones is 1. The number of aryl methyl sites for hydroxylation is 1. The molecule has 1 heterocycles. The molecule has 1 rings (SSSR count). The zero-order valence-corrected chi connectivity index (χ0v) is 8.54. The normalized spacial score (nSPS) is 10.0. The average molecular weight is 234 g/mol. The molecule has 0 aliphatic heterocycles. The molecule has 60 valence electrons. The van der Waals surface area contributed by atoms with Crippen LogP contribution in [0.4, 0.5) is 0 Å². The summed E-state index contributed by atoms with van der Waals surface area (Å²) >= 11 is 4.84. The smallest absolute Gasteiger partial charge is 0.159 e. The first-order valence-electron chi connectivity index (χ1n) is 3.28. The van der Waals surface area contributed by atoms with Crippen LogP contribution in [-0.4, -0.2) is 10.8 Å². The summed E-state index contributed by atoms with van der Waals surface area (Å²) in [6, 6.07) is 0. The first kappa shape index (κ1) is 8.87. The molecule has 11 heavy (non-hydrogen) atoms. The van der Waals surface area contributed by atoms with Gasteiger partial charge in [-0.15, -0.1) is 11.3 Å². The number of thiazole rings is 1. The third-order valence-electron chi connectivity index (χ3n) is 1.25. The van der Waals surface area contributed by atoms with Crippen molar-refractivity contribution in [2.75, 3.05) is 0 Å². The number of carbonyl (C=O) groups excluding carboxylic acids is 1. The second-order valence-electron chi connectivity index (χ2n) is 2.28. The van der Waals surface area contributed by atoms with Crippen molar-refractivity contribution in [2.45, 2.75) is 19.8 Å². The Kier molecular flexibility index (Phi) is 3.20. The highest BCUT2D eigenvalue weighted by molar-refractivity contribution is 9.11. The van der Waals surface area contributed by atoms with E-state index >= 15 is 0 Å². The van der Waals surface area contributed by atoms with Crippen LogP contribution in [0.15, 0.2) is 10.1 Å². The molecule has 0 fully saturated rings. The molecular formula is C7H8BrNOS. The van der Waals surface area contributed by atoms with Crippen LogP contribution in [0.25, 0.3) is 0 Å². The van der Waals surface area contributed by atoms with Gasteiger partial charge in [0.15, 0.2) is 3.92 Å². The molecule has 1 aromatic rings. The van der Waals surface area contributed by atoms with E-state index in [1.165, 1.54) is 0 Å². The maximum absolute atomic E-state index is 10.6. The van der Waals surface area contributed by atoms with E-state index in [1.54, 1.807) is 24.5 Å². The summed E-state index contributed by atoms with van der Waals surface area (Å²) in [5.41, 5.74) is 0. The quantitative estimate of drug-likeness (QED) is 0.803. The SMILES string of the molecule is CC(=O)CCc1cnc(Br)s1. The van der Waals surface area contributed by atoms with Gasteiger partial charge in [-0.25, -0.2) is 4.98 Å². The lowest BCUT2D eigenvalue weighted by molar-refractivity contribution is -0.116. The van der Waals surface area contributed by atoms with Gasteiger partial charge in [-0.2, -0.15) is 0 Å². The minimum Gasteiger partial charge on any atom is -0.300 e. The largest absolute Gasteiger partial charge is 0.300 e. The standard InChI is InChI=1S/C7H8BrNOS/c1-5(10)2-3-6-4-9-7(8)11-6/h4H,2-3H2,1H3. The molecule has 0 bridgehead atoms. The zero-order valence-electron chi connectivity index (χ0n) is 6.13. The lowest BCUT2D eigenvalue weighted by Gasteiger charge is -1.89. The second kappa shape index (κ2) is 3.97. The van der Waals surface area contributed by atoms with Crippen molar-refractivity contribution in [1.29, 1.82) is 0 Å². The summed E-state index contributed by atoms with van der Waals surface area (Å²) < 4.78 is 0.885. The molecule has 0 aromatic carbocycles. The Morgan fingerprint density at radius 2 is 2.55 bits per heavy atom. The number of aromatic nitrogens is 1. The Balaban J connectivity index is 2.45. The van der Waals surface area contributed by atoms with Crippen LogP contribution in [0.1, 0.15) is 18.2 Å². The number of hydrogen-bond donors (Lipinski definition) is 0. The molecule has 0 saturated heterocycles. The van der Waals surface area contributed by atoms with Crippen molar-refractivity contribution in [3.8, 4) is 0 Å². The van der Waals surface area contributed by atoms with Crippen molar-refractivity contribution >= 4 is 33.0 Å². The molecule has 0 spiro atoms. The van der Waals surface area contributed by atoms with Gasteiger partial charge in [-0.1, -0.05) is 0 Å². The molecule has 0 N–H and O–H groups in total. The van der Waals surface area contributed by atoms with Gasteiger partial charge in [-0.3, -0.25) is 0 Å². The van der Waals surface area contributed by atoms with E-state index in [-0.39, 0.29) is 5.78 Å². The van der Waals surface area contributed by atoms with E-state index in [4.69, 9.17) is 0 Å². The topological polar surface area (TPSA) is 30.0 Å². The number of carbonyl (C=O) groups is 1. The second-order valence-corrected chi connectivity index (χ2v) is 4.67. The Morgan fingerprint density at radius 1 is 1.82 bits per heavy atom. The van der Waals surface area contributed by atoms with E-state index in [0.717, 1.165) is 15.2 Å². The van der Waals surface area contributed by atoms with E-state index in [0.29, 0.717) is 6.42 Å². The van der Waals surface area contributed by atoms with Gasteiger partial charge in [0.05, 0.1) is 0 Å². The summed E-state index contributed by atoms with van der Waals surface area (Å²) in [5, 5.41) is 0. The van der Waals surface area contributed by atoms with Gasteiger partial charge < -0.3 is 4.79 Å². The Morgan fingerprint density at radius 3 is 3.00 bits per heavy atom. The van der Waals surface area contributed by atoms with E-state index in [1.807, 2.05) is 0 Å². The van der Waals surface area contributed by atoms with Crippen molar-refractivity contribution in [3.05, 3.63) is 15.0 Å². The van der Waals surface area contributed by atoms with E-state index in [2.05, 4.69) is 20.9 Å². The van der Waals surface area contributed by atoms with Gasteiger partial charge in [0.2, 0.25) is 0 Å². The van der Waals surface area contributed by atoms with E-state index < -0.39 is 0 Å². The van der Waals surface area contributed by atoms with Crippen molar-refractivity contribution in [2.24, 2.45) is 0 Å². The van der Waals surface area contributed by atoms with Gasteiger partial charge >= 0.3 is 0 Å². The summed E-state index contributed by atoms with van der Waals surface area (Å²) in [4.78, 5) is 15.8. The van der Waals surface area contributed by atoms with Gasteiger partial charge in [0.25, 0.3) is 0 Å². The summed E-state index contributed by atoms with van der Waals surface area (Å²) in [5.74, 6) is 0.231. The maximum atomic E-state index is 10.6. The number of halogens is 1. The summed E-state index contributed by atoms with van der Waals surface area (Å²) in [6.45, 7) is 1.61. The zero-order chi connectivity index (χ0) is 8.27. The first-order chi connectivity index (χ1) is 5.18. The minimum atomic E-state index is 0.231.